The van der Waals surface area contributed by atoms with Crippen molar-refractivity contribution in [2.24, 2.45) is 0 Å². The third-order valence-electron chi connectivity index (χ3n) is 2.53. The summed E-state index contributed by atoms with van der Waals surface area (Å²) in [6, 6.07) is 7.91. The first kappa shape index (κ1) is 10.4. The highest BCUT2D eigenvalue weighted by Crippen LogP contribution is 2.30. The average molecular weight is 221 g/mol. The van der Waals surface area contributed by atoms with E-state index in [2.05, 4.69) is 12.2 Å². The molecule has 80 valence electrons. The van der Waals surface area contributed by atoms with E-state index in [-0.39, 0.29) is 6.10 Å². The summed E-state index contributed by atoms with van der Waals surface area (Å²) in [6.07, 6.45) is 3.37. The van der Waals surface area contributed by atoms with Crippen molar-refractivity contribution in [3.8, 4) is 5.75 Å². The lowest BCUT2D eigenvalue weighted by Gasteiger charge is -2.27. The van der Waals surface area contributed by atoms with E-state index in [9.17, 15) is 0 Å². The molecule has 1 heterocycles. The fraction of sp³-hybridized carbons (Fsp3) is 0.417. The molecule has 15 heavy (non-hydrogen) atoms. The van der Waals surface area contributed by atoms with Crippen LogP contribution in [0.2, 0.25) is 0 Å². The largest absolute Gasteiger partial charge is 0.481 e. The summed E-state index contributed by atoms with van der Waals surface area (Å²) < 4.78 is 5.84. The van der Waals surface area contributed by atoms with Crippen LogP contribution in [0.15, 0.2) is 24.3 Å². The van der Waals surface area contributed by atoms with Crippen molar-refractivity contribution in [1.29, 1.82) is 0 Å². The monoisotopic (exact) mass is 221 g/mol. The molecule has 0 bridgehead atoms. The molecule has 0 fully saturated rings. The van der Waals surface area contributed by atoms with Crippen molar-refractivity contribution in [2.45, 2.75) is 32.3 Å². The Morgan fingerprint density at radius 1 is 1.40 bits per heavy atom. The molecule has 0 spiro atoms. The fourth-order valence-corrected chi connectivity index (χ4v) is 1.95. The summed E-state index contributed by atoms with van der Waals surface area (Å²) in [5, 5.41) is 3.23. The molecule has 1 aromatic rings. The Balaban J connectivity index is 2.11. The van der Waals surface area contributed by atoms with Crippen molar-refractivity contribution in [1.82, 2.24) is 0 Å². The first-order chi connectivity index (χ1) is 7.31. The lowest BCUT2D eigenvalue weighted by atomic mass is 10.1. The number of benzene rings is 1. The SMILES string of the molecule is CCCCC1Oc2ccccc2NC1=S. The summed E-state index contributed by atoms with van der Waals surface area (Å²) in [4.78, 5) is 0.808. The van der Waals surface area contributed by atoms with Gasteiger partial charge in [-0.3, -0.25) is 0 Å². The average Bonchev–Trinajstić information content (AvgIpc) is 2.26. The van der Waals surface area contributed by atoms with Crippen molar-refractivity contribution >= 4 is 22.9 Å². The maximum Gasteiger partial charge on any atom is 0.149 e. The molecule has 0 aliphatic carbocycles. The summed E-state index contributed by atoms with van der Waals surface area (Å²) in [5.74, 6) is 0.909. The van der Waals surface area contributed by atoms with E-state index in [1.807, 2.05) is 24.3 Å². The molecule has 0 aromatic heterocycles. The summed E-state index contributed by atoms with van der Waals surface area (Å²) in [7, 11) is 0. The highest BCUT2D eigenvalue weighted by Gasteiger charge is 2.22. The Hall–Kier alpha value is -1.09. The van der Waals surface area contributed by atoms with Crippen molar-refractivity contribution in [3.05, 3.63) is 24.3 Å². The predicted octanol–water partition coefficient (Wildman–Crippen LogP) is 3.38. The molecule has 1 aromatic carbocycles. The number of rotatable bonds is 3. The smallest absolute Gasteiger partial charge is 0.149 e. The van der Waals surface area contributed by atoms with Crippen molar-refractivity contribution in [3.63, 3.8) is 0 Å². The number of anilines is 1. The topological polar surface area (TPSA) is 21.3 Å². The Morgan fingerprint density at radius 2 is 2.20 bits per heavy atom. The van der Waals surface area contributed by atoms with Gasteiger partial charge in [0.2, 0.25) is 0 Å². The molecule has 0 amide bonds. The lowest BCUT2D eigenvalue weighted by Crippen LogP contribution is -2.35. The zero-order valence-electron chi connectivity index (χ0n) is 8.82. The second-order valence-electron chi connectivity index (χ2n) is 3.73. The second-order valence-corrected chi connectivity index (χ2v) is 4.17. The molecule has 1 aliphatic heterocycles. The Morgan fingerprint density at radius 3 is 3.00 bits per heavy atom. The number of thiocarbonyl (C=S) groups is 1. The maximum atomic E-state index is 5.84. The standard InChI is InChI=1S/C12H15NOS/c1-2-3-7-11-12(15)13-9-6-4-5-8-10(9)14-11/h4-6,8,11H,2-3,7H2,1H3,(H,13,15). The van der Waals surface area contributed by atoms with Gasteiger partial charge in [0.25, 0.3) is 0 Å². The molecule has 2 rings (SSSR count). The van der Waals surface area contributed by atoms with Crippen LogP contribution in [-0.4, -0.2) is 11.1 Å². The van der Waals surface area contributed by atoms with Gasteiger partial charge in [-0.15, -0.1) is 0 Å². The van der Waals surface area contributed by atoms with Crippen LogP contribution in [0.3, 0.4) is 0 Å². The molecule has 2 nitrogen and oxygen atoms in total. The van der Waals surface area contributed by atoms with Gasteiger partial charge < -0.3 is 10.1 Å². The zero-order chi connectivity index (χ0) is 10.7. The van der Waals surface area contributed by atoms with Crippen LogP contribution in [0.4, 0.5) is 5.69 Å². The molecule has 0 saturated carbocycles. The first-order valence-electron chi connectivity index (χ1n) is 5.38. The molecule has 0 radical (unpaired) electrons. The van der Waals surface area contributed by atoms with Crippen LogP contribution in [0.25, 0.3) is 0 Å². The van der Waals surface area contributed by atoms with E-state index in [1.54, 1.807) is 0 Å². The van der Waals surface area contributed by atoms with Gasteiger partial charge in [0.05, 0.1) is 5.69 Å². The van der Waals surface area contributed by atoms with Gasteiger partial charge in [-0.05, 0) is 25.0 Å². The summed E-state index contributed by atoms with van der Waals surface area (Å²) in [5.41, 5.74) is 0.982. The second kappa shape index (κ2) is 4.62. The van der Waals surface area contributed by atoms with Gasteiger partial charge >= 0.3 is 0 Å². The van der Waals surface area contributed by atoms with Crippen LogP contribution < -0.4 is 10.1 Å². The molecular weight excluding hydrogens is 206 g/mol. The van der Waals surface area contributed by atoms with E-state index < -0.39 is 0 Å². The van der Waals surface area contributed by atoms with Crippen molar-refractivity contribution in [2.75, 3.05) is 5.32 Å². The molecule has 1 unspecified atom stereocenters. The van der Waals surface area contributed by atoms with Crippen LogP contribution in [0, 0.1) is 0 Å². The van der Waals surface area contributed by atoms with E-state index in [0.29, 0.717) is 0 Å². The number of hydrogen-bond acceptors (Lipinski definition) is 2. The van der Waals surface area contributed by atoms with E-state index in [0.717, 1.165) is 29.3 Å². The van der Waals surface area contributed by atoms with Crippen LogP contribution in [0.1, 0.15) is 26.2 Å². The third kappa shape index (κ3) is 2.29. The van der Waals surface area contributed by atoms with Gasteiger partial charge in [0.15, 0.2) is 0 Å². The Kier molecular flexibility index (Phi) is 3.21. The van der Waals surface area contributed by atoms with Crippen LogP contribution >= 0.6 is 12.2 Å². The zero-order valence-corrected chi connectivity index (χ0v) is 9.64. The maximum absolute atomic E-state index is 5.84. The minimum Gasteiger partial charge on any atom is -0.481 e. The highest BCUT2D eigenvalue weighted by molar-refractivity contribution is 7.80. The van der Waals surface area contributed by atoms with E-state index in [1.165, 1.54) is 6.42 Å². The summed E-state index contributed by atoms with van der Waals surface area (Å²) >= 11 is 5.28. The van der Waals surface area contributed by atoms with E-state index >= 15 is 0 Å². The number of hydrogen-bond donors (Lipinski definition) is 1. The molecule has 0 saturated heterocycles. The molecule has 1 atom stereocenters. The van der Waals surface area contributed by atoms with Gasteiger partial charge in [0.1, 0.15) is 16.8 Å². The van der Waals surface area contributed by atoms with Crippen molar-refractivity contribution < 1.29 is 4.74 Å². The number of unbranched alkanes of at least 4 members (excludes halogenated alkanes) is 1. The first-order valence-corrected chi connectivity index (χ1v) is 5.78. The summed E-state index contributed by atoms with van der Waals surface area (Å²) in [6.45, 7) is 2.17. The molecule has 1 N–H and O–H groups in total. The molecule has 1 aliphatic rings. The fourth-order valence-electron chi connectivity index (χ4n) is 1.67. The minimum atomic E-state index is 0.0508. The highest BCUT2D eigenvalue weighted by atomic mass is 32.1. The Labute approximate surface area is 95.6 Å². The number of nitrogens with one attached hydrogen (secondary N) is 1. The normalized spacial score (nSPS) is 19.0. The predicted molar refractivity (Wildman–Crippen MR) is 66.6 cm³/mol. The van der Waals surface area contributed by atoms with Crippen LogP contribution in [-0.2, 0) is 0 Å². The van der Waals surface area contributed by atoms with Gasteiger partial charge in [0, 0.05) is 0 Å². The molecular formula is C12H15NOS. The lowest BCUT2D eigenvalue weighted by molar-refractivity contribution is 0.251. The third-order valence-corrected chi connectivity index (χ3v) is 2.89. The van der Waals surface area contributed by atoms with Gasteiger partial charge in [-0.25, -0.2) is 0 Å². The minimum absolute atomic E-state index is 0.0508. The van der Waals surface area contributed by atoms with Gasteiger partial charge in [-0.1, -0.05) is 37.7 Å². The van der Waals surface area contributed by atoms with Crippen LogP contribution in [0.5, 0.6) is 5.75 Å². The Bertz CT molecular complexity index is 364. The van der Waals surface area contributed by atoms with E-state index in [4.69, 9.17) is 17.0 Å². The quantitative estimate of drug-likeness (QED) is 0.791. The number of fused-ring (bicyclic) bond motifs is 1. The number of para-hydroxylation sites is 2. The molecule has 3 heteroatoms. The number of ether oxygens (including phenoxy) is 1. The van der Waals surface area contributed by atoms with Gasteiger partial charge in [-0.2, -0.15) is 0 Å².